The van der Waals surface area contributed by atoms with Crippen molar-refractivity contribution in [2.75, 3.05) is 12.4 Å². The lowest BCUT2D eigenvalue weighted by Gasteiger charge is -2.13. The number of furan rings is 1. The summed E-state index contributed by atoms with van der Waals surface area (Å²) in [7, 11) is 1.79. The van der Waals surface area contributed by atoms with Crippen LogP contribution in [0.4, 0.5) is 5.82 Å². The summed E-state index contributed by atoms with van der Waals surface area (Å²) in [5, 5.41) is 5.87. The summed E-state index contributed by atoms with van der Waals surface area (Å²) in [4.78, 5) is 16.1. The topological polar surface area (TPSA) is 67.2 Å². The van der Waals surface area contributed by atoms with Crippen LogP contribution >= 0.6 is 0 Å². The minimum absolute atomic E-state index is 0.0802. The first-order valence-electron chi connectivity index (χ1n) is 6.66. The smallest absolute Gasteiger partial charge is 0.253 e. The fraction of sp³-hybridized carbons (Fsp3) is 0.333. The average molecular weight is 273 g/mol. The zero-order valence-corrected chi connectivity index (χ0v) is 11.7. The number of anilines is 1. The Morgan fingerprint density at radius 2 is 2.25 bits per heavy atom. The summed E-state index contributed by atoms with van der Waals surface area (Å²) in [6, 6.07) is 7.43. The van der Waals surface area contributed by atoms with Gasteiger partial charge in [0.2, 0.25) is 0 Å². The van der Waals surface area contributed by atoms with Gasteiger partial charge in [-0.25, -0.2) is 4.98 Å². The Labute approximate surface area is 118 Å². The number of aromatic nitrogens is 1. The maximum atomic E-state index is 12.0. The van der Waals surface area contributed by atoms with Crippen molar-refractivity contribution in [2.24, 2.45) is 0 Å². The minimum atomic E-state index is -0.105. The van der Waals surface area contributed by atoms with Crippen molar-refractivity contribution >= 4 is 11.7 Å². The van der Waals surface area contributed by atoms with Crippen LogP contribution in [0, 0.1) is 0 Å². The van der Waals surface area contributed by atoms with Crippen molar-refractivity contribution < 1.29 is 9.21 Å². The van der Waals surface area contributed by atoms with Crippen LogP contribution in [0.25, 0.3) is 0 Å². The lowest BCUT2D eigenvalue weighted by molar-refractivity contribution is 0.0938. The van der Waals surface area contributed by atoms with Crippen LogP contribution in [0.5, 0.6) is 0 Å². The van der Waals surface area contributed by atoms with Crippen molar-refractivity contribution in [3.8, 4) is 0 Å². The lowest BCUT2D eigenvalue weighted by atomic mass is 10.1. The van der Waals surface area contributed by atoms with E-state index in [-0.39, 0.29) is 11.9 Å². The van der Waals surface area contributed by atoms with E-state index in [9.17, 15) is 4.79 Å². The fourth-order valence-corrected chi connectivity index (χ4v) is 1.87. The zero-order valence-electron chi connectivity index (χ0n) is 11.7. The monoisotopic (exact) mass is 273 g/mol. The molecule has 0 saturated heterocycles. The van der Waals surface area contributed by atoms with Gasteiger partial charge in [0.15, 0.2) is 0 Å². The third-order valence-electron chi connectivity index (χ3n) is 3.06. The maximum Gasteiger partial charge on any atom is 0.253 e. The van der Waals surface area contributed by atoms with Gasteiger partial charge in [-0.3, -0.25) is 4.79 Å². The normalized spacial score (nSPS) is 11.9. The molecule has 0 aromatic carbocycles. The number of amides is 1. The molecule has 5 heteroatoms. The predicted octanol–water partition coefficient (Wildman–Crippen LogP) is 2.47. The first-order valence-corrected chi connectivity index (χ1v) is 6.66. The molecule has 0 aliphatic carbocycles. The summed E-state index contributed by atoms with van der Waals surface area (Å²) >= 11 is 0. The van der Waals surface area contributed by atoms with Crippen molar-refractivity contribution in [3.05, 3.63) is 48.0 Å². The van der Waals surface area contributed by atoms with Gasteiger partial charge in [0.05, 0.1) is 11.8 Å². The van der Waals surface area contributed by atoms with Gasteiger partial charge in [-0.2, -0.15) is 0 Å². The SMILES string of the molecule is CNc1ccc(C(=O)NC(C)CCc2ccco2)cn1. The van der Waals surface area contributed by atoms with Crippen LogP contribution in [0.3, 0.4) is 0 Å². The summed E-state index contributed by atoms with van der Waals surface area (Å²) in [5.74, 6) is 1.57. The molecule has 0 radical (unpaired) electrons. The van der Waals surface area contributed by atoms with E-state index in [4.69, 9.17) is 4.42 Å². The summed E-state index contributed by atoms with van der Waals surface area (Å²) in [5.41, 5.74) is 0.564. The van der Waals surface area contributed by atoms with E-state index in [2.05, 4.69) is 15.6 Å². The summed E-state index contributed by atoms with van der Waals surface area (Å²) in [6.07, 6.45) is 4.88. The van der Waals surface area contributed by atoms with Crippen molar-refractivity contribution in [3.63, 3.8) is 0 Å². The Morgan fingerprint density at radius 1 is 1.40 bits per heavy atom. The van der Waals surface area contributed by atoms with Gasteiger partial charge in [0.25, 0.3) is 5.91 Å². The third kappa shape index (κ3) is 3.85. The molecule has 2 heterocycles. The van der Waals surface area contributed by atoms with E-state index in [0.717, 1.165) is 24.4 Å². The number of nitrogens with one attached hydrogen (secondary N) is 2. The Morgan fingerprint density at radius 3 is 2.85 bits per heavy atom. The van der Waals surface area contributed by atoms with Gasteiger partial charge in [-0.05, 0) is 37.6 Å². The molecule has 0 saturated carbocycles. The molecule has 1 amide bonds. The number of carbonyl (C=O) groups is 1. The number of pyridine rings is 1. The highest BCUT2D eigenvalue weighted by molar-refractivity contribution is 5.94. The maximum absolute atomic E-state index is 12.0. The molecule has 0 aliphatic heterocycles. The molecule has 0 fully saturated rings. The van der Waals surface area contributed by atoms with Crippen molar-refractivity contribution in [1.29, 1.82) is 0 Å². The first-order chi connectivity index (χ1) is 9.69. The highest BCUT2D eigenvalue weighted by Crippen LogP contribution is 2.07. The Hall–Kier alpha value is -2.30. The second kappa shape index (κ2) is 6.75. The highest BCUT2D eigenvalue weighted by Gasteiger charge is 2.10. The molecule has 1 atom stereocenters. The van der Waals surface area contributed by atoms with Crippen molar-refractivity contribution in [1.82, 2.24) is 10.3 Å². The second-order valence-electron chi connectivity index (χ2n) is 4.67. The summed E-state index contributed by atoms with van der Waals surface area (Å²) < 4.78 is 5.27. The largest absolute Gasteiger partial charge is 0.469 e. The molecule has 2 aromatic heterocycles. The van der Waals surface area contributed by atoms with Gasteiger partial charge >= 0.3 is 0 Å². The number of hydrogen-bond donors (Lipinski definition) is 2. The summed E-state index contributed by atoms with van der Waals surface area (Å²) in [6.45, 7) is 1.98. The van der Waals surface area contributed by atoms with Crippen LogP contribution < -0.4 is 10.6 Å². The van der Waals surface area contributed by atoms with E-state index in [0.29, 0.717) is 5.56 Å². The molecule has 2 N–H and O–H groups in total. The molecular formula is C15H19N3O2. The number of hydrogen-bond acceptors (Lipinski definition) is 4. The Balaban J connectivity index is 1.83. The lowest BCUT2D eigenvalue weighted by Crippen LogP contribution is -2.32. The second-order valence-corrected chi connectivity index (χ2v) is 4.67. The molecule has 2 rings (SSSR count). The number of carbonyl (C=O) groups excluding carboxylic acids is 1. The predicted molar refractivity (Wildman–Crippen MR) is 77.7 cm³/mol. The molecule has 0 spiro atoms. The molecular weight excluding hydrogens is 254 g/mol. The third-order valence-corrected chi connectivity index (χ3v) is 3.06. The number of nitrogens with zero attached hydrogens (tertiary/aromatic N) is 1. The molecule has 0 bridgehead atoms. The minimum Gasteiger partial charge on any atom is -0.469 e. The van der Waals surface area contributed by atoms with Crippen LogP contribution in [-0.2, 0) is 6.42 Å². The van der Waals surface area contributed by atoms with Gasteiger partial charge in [0.1, 0.15) is 11.6 Å². The van der Waals surface area contributed by atoms with Gasteiger partial charge in [-0.15, -0.1) is 0 Å². The van der Waals surface area contributed by atoms with Crippen LogP contribution in [0.2, 0.25) is 0 Å². The van der Waals surface area contributed by atoms with Gasteiger partial charge < -0.3 is 15.1 Å². The number of aryl methyl sites for hydroxylation is 1. The van der Waals surface area contributed by atoms with Crippen LogP contribution in [0.15, 0.2) is 41.1 Å². The van der Waals surface area contributed by atoms with Crippen LogP contribution in [-0.4, -0.2) is 24.0 Å². The highest BCUT2D eigenvalue weighted by atomic mass is 16.3. The van der Waals surface area contributed by atoms with E-state index >= 15 is 0 Å². The van der Waals surface area contributed by atoms with E-state index < -0.39 is 0 Å². The van der Waals surface area contributed by atoms with Gasteiger partial charge in [-0.1, -0.05) is 0 Å². The fourth-order valence-electron chi connectivity index (χ4n) is 1.87. The average Bonchev–Trinajstić information content (AvgIpc) is 2.98. The van der Waals surface area contributed by atoms with E-state index in [1.807, 2.05) is 19.1 Å². The first kappa shape index (κ1) is 14.1. The molecule has 0 aliphatic rings. The van der Waals surface area contributed by atoms with Crippen molar-refractivity contribution in [2.45, 2.75) is 25.8 Å². The molecule has 20 heavy (non-hydrogen) atoms. The Bertz CT molecular complexity index is 535. The standard InChI is InChI=1S/C15H19N3O2/c1-11(5-7-13-4-3-9-20-13)18-15(19)12-6-8-14(16-2)17-10-12/h3-4,6,8-11H,5,7H2,1-2H3,(H,16,17)(H,18,19). The van der Waals surface area contributed by atoms with Gasteiger partial charge in [0, 0.05) is 25.7 Å². The quantitative estimate of drug-likeness (QED) is 0.848. The van der Waals surface area contributed by atoms with E-state index in [1.165, 1.54) is 0 Å². The number of rotatable bonds is 6. The Kier molecular flexibility index (Phi) is 4.76. The molecule has 1 unspecified atom stereocenters. The van der Waals surface area contributed by atoms with Crippen LogP contribution in [0.1, 0.15) is 29.5 Å². The molecule has 2 aromatic rings. The zero-order chi connectivity index (χ0) is 14.4. The van der Waals surface area contributed by atoms with E-state index in [1.54, 1.807) is 31.6 Å². The molecule has 106 valence electrons. The molecule has 5 nitrogen and oxygen atoms in total.